The van der Waals surface area contributed by atoms with E-state index in [1.54, 1.807) is 13.8 Å². The second-order valence-electron chi connectivity index (χ2n) is 5.71. The van der Waals surface area contributed by atoms with Crippen LogP contribution in [0.5, 0.6) is 0 Å². The molecule has 2 aliphatic heterocycles. The largest absolute Gasteiger partial charge is 0.370 e. The molecule has 0 aromatic heterocycles. The summed E-state index contributed by atoms with van der Waals surface area (Å²) in [4.78, 5) is -0.108. The number of halogens is 1. The summed E-state index contributed by atoms with van der Waals surface area (Å²) >= 11 is 0. The van der Waals surface area contributed by atoms with Crippen molar-refractivity contribution in [3.05, 3.63) is 30.1 Å². The topological polar surface area (TPSA) is 71.1 Å². The van der Waals surface area contributed by atoms with Gasteiger partial charge in [0, 0.05) is 0 Å². The zero-order chi connectivity index (χ0) is 16.0. The van der Waals surface area contributed by atoms with Crippen molar-refractivity contribution in [2.75, 3.05) is 13.2 Å². The molecule has 2 aliphatic rings. The van der Waals surface area contributed by atoms with E-state index in [0.29, 0.717) is 6.61 Å². The highest BCUT2D eigenvalue weighted by atomic mass is 32.2. The van der Waals surface area contributed by atoms with Crippen molar-refractivity contribution in [1.82, 2.24) is 0 Å². The smallest absolute Gasteiger partial charge is 0.297 e. The SMILES string of the molecule is CC1(C)OC[C@@H]2OC[C@@H](OS(=O)(=O)c3ccc(F)cc3)[C@@H]2O1. The Bertz CT molecular complexity index is 642. The number of fused-ring (bicyclic) bond motifs is 1. The van der Waals surface area contributed by atoms with Gasteiger partial charge in [0.05, 0.1) is 18.1 Å². The van der Waals surface area contributed by atoms with Gasteiger partial charge in [-0.2, -0.15) is 8.42 Å². The second kappa shape index (κ2) is 5.54. The van der Waals surface area contributed by atoms with Crippen LogP contribution >= 0.6 is 0 Å². The van der Waals surface area contributed by atoms with E-state index in [1.807, 2.05) is 0 Å². The third-order valence-corrected chi connectivity index (χ3v) is 4.93. The first-order chi connectivity index (χ1) is 10.3. The van der Waals surface area contributed by atoms with Crippen molar-refractivity contribution in [1.29, 1.82) is 0 Å². The van der Waals surface area contributed by atoms with E-state index in [0.717, 1.165) is 24.3 Å². The molecule has 2 saturated heterocycles. The molecule has 2 fully saturated rings. The summed E-state index contributed by atoms with van der Waals surface area (Å²) in [6.45, 7) is 3.89. The molecule has 0 bridgehead atoms. The highest BCUT2D eigenvalue weighted by molar-refractivity contribution is 7.86. The van der Waals surface area contributed by atoms with Crippen LogP contribution in [0.2, 0.25) is 0 Å². The van der Waals surface area contributed by atoms with Crippen molar-refractivity contribution < 1.29 is 31.2 Å². The lowest BCUT2D eigenvalue weighted by Gasteiger charge is -2.38. The Kier molecular flexibility index (Phi) is 3.98. The van der Waals surface area contributed by atoms with Crippen LogP contribution in [0.1, 0.15) is 13.8 Å². The molecule has 8 heteroatoms. The quantitative estimate of drug-likeness (QED) is 0.780. The number of hydrogen-bond donors (Lipinski definition) is 0. The molecule has 2 heterocycles. The first-order valence-electron chi connectivity index (χ1n) is 6.89. The first kappa shape index (κ1) is 15.8. The number of ether oxygens (including phenoxy) is 3. The molecular formula is C14H17FO6S. The summed E-state index contributed by atoms with van der Waals surface area (Å²) in [5.74, 6) is -1.34. The van der Waals surface area contributed by atoms with E-state index in [9.17, 15) is 12.8 Å². The number of hydrogen-bond acceptors (Lipinski definition) is 6. The highest BCUT2D eigenvalue weighted by Crippen LogP contribution is 2.32. The molecule has 1 aromatic carbocycles. The zero-order valence-electron chi connectivity index (χ0n) is 12.2. The van der Waals surface area contributed by atoms with Crippen LogP contribution in [0.4, 0.5) is 4.39 Å². The summed E-state index contributed by atoms with van der Waals surface area (Å²) in [7, 11) is -4.02. The van der Waals surface area contributed by atoms with Gasteiger partial charge in [-0.05, 0) is 38.1 Å². The first-order valence-corrected chi connectivity index (χ1v) is 8.30. The monoisotopic (exact) mass is 332 g/mol. The minimum absolute atomic E-state index is 0.0925. The molecule has 3 rings (SSSR count). The van der Waals surface area contributed by atoms with Gasteiger partial charge < -0.3 is 14.2 Å². The fraction of sp³-hybridized carbons (Fsp3) is 0.571. The maximum absolute atomic E-state index is 12.9. The Morgan fingerprint density at radius 1 is 1.23 bits per heavy atom. The van der Waals surface area contributed by atoms with Gasteiger partial charge in [-0.1, -0.05) is 0 Å². The van der Waals surface area contributed by atoms with Gasteiger partial charge in [0.25, 0.3) is 10.1 Å². The van der Waals surface area contributed by atoms with Gasteiger partial charge in [-0.25, -0.2) is 4.39 Å². The van der Waals surface area contributed by atoms with Gasteiger partial charge in [-0.15, -0.1) is 0 Å². The van der Waals surface area contributed by atoms with Crippen molar-refractivity contribution in [2.45, 2.75) is 42.8 Å². The molecule has 122 valence electrons. The Hall–Kier alpha value is -1.06. The Morgan fingerprint density at radius 3 is 2.59 bits per heavy atom. The van der Waals surface area contributed by atoms with E-state index >= 15 is 0 Å². The fourth-order valence-electron chi connectivity index (χ4n) is 2.49. The zero-order valence-corrected chi connectivity index (χ0v) is 13.0. The molecular weight excluding hydrogens is 315 g/mol. The molecule has 0 unspecified atom stereocenters. The minimum atomic E-state index is -4.02. The minimum Gasteiger partial charge on any atom is -0.370 e. The van der Waals surface area contributed by atoms with Crippen LogP contribution in [0.15, 0.2) is 29.2 Å². The van der Waals surface area contributed by atoms with Crippen LogP contribution in [0, 0.1) is 5.82 Å². The van der Waals surface area contributed by atoms with E-state index in [-0.39, 0.29) is 17.6 Å². The lowest BCUT2D eigenvalue weighted by Crippen LogP contribution is -2.50. The predicted octanol–water partition coefficient (Wildman–Crippen LogP) is 1.45. The van der Waals surface area contributed by atoms with Crippen molar-refractivity contribution in [3.8, 4) is 0 Å². The third kappa shape index (κ3) is 3.16. The van der Waals surface area contributed by atoms with Gasteiger partial charge in [-0.3, -0.25) is 4.18 Å². The lowest BCUT2D eigenvalue weighted by molar-refractivity contribution is -0.298. The molecule has 0 radical (unpaired) electrons. The Balaban J connectivity index is 1.76. The molecule has 3 atom stereocenters. The van der Waals surface area contributed by atoms with Crippen LogP contribution in [0.3, 0.4) is 0 Å². The van der Waals surface area contributed by atoms with Gasteiger partial charge in [0.15, 0.2) is 5.79 Å². The predicted molar refractivity (Wildman–Crippen MR) is 73.1 cm³/mol. The van der Waals surface area contributed by atoms with Crippen LogP contribution < -0.4 is 0 Å². The van der Waals surface area contributed by atoms with E-state index in [1.165, 1.54) is 0 Å². The van der Waals surface area contributed by atoms with Crippen molar-refractivity contribution in [3.63, 3.8) is 0 Å². The second-order valence-corrected chi connectivity index (χ2v) is 7.28. The Labute approximate surface area is 128 Å². The molecule has 22 heavy (non-hydrogen) atoms. The Morgan fingerprint density at radius 2 is 1.91 bits per heavy atom. The average Bonchev–Trinajstić information content (AvgIpc) is 2.80. The average molecular weight is 332 g/mol. The van der Waals surface area contributed by atoms with E-state index < -0.39 is 33.9 Å². The molecule has 1 aromatic rings. The molecule has 0 N–H and O–H groups in total. The van der Waals surface area contributed by atoms with Crippen LogP contribution in [-0.4, -0.2) is 45.7 Å². The standard InChI is InChI=1S/C14H17FO6S/c1-14(2)19-8-11-13(20-14)12(7-18-11)21-22(16,17)10-5-3-9(15)4-6-10/h3-6,11-13H,7-8H2,1-2H3/t11-,12+,13+/m0/s1. The molecule has 0 amide bonds. The van der Waals surface area contributed by atoms with Crippen molar-refractivity contribution in [2.24, 2.45) is 0 Å². The highest BCUT2D eigenvalue weighted by Gasteiger charge is 2.48. The van der Waals surface area contributed by atoms with Gasteiger partial charge in [0.1, 0.15) is 24.1 Å². The maximum atomic E-state index is 12.9. The normalized spacial score (nSPS) is 31.0. The fourth-order valence-corrected chi connectivity index (χ4v) is 3.56. The van der Waals surface area contributed by atoms with E-state index in [2.05, 4.69) is 0 Å². The summed E-state index contributed by atoms with van der Waals surface area (Å²) in [6, 6.07) is 4.45. The number of rotatable bonds is 3. The molecule has 0 saturated carbocycles. The lowest BCUT2D eigenvalue weighted by atomic mass is 10.1. The van der Waals surface area contributed by atoms with Gasteiger partial charge >= 0.3 is 0 Å². The molecule has 0 spiro atoms. The van der Waals surface area contributed by atoms with E-state index in [4.69, 9.17) is 18.4 Å². The van der Waals surface area contributed by atoms with Crippen LogP contribution in [0.25, 0.3) is 0 Å². The van der Waals surface area contributed by atoms with Crippen LogP contribution in [-0.2, 0) is 28.5 Å². The summed E-state index contributed by atoms with van der Waals surface area (Å²) in [5, 5.41) is 0. The summed E-state index contributed by atoms with van der Waals surface area (Å²) in [5.41, 5.74) is 0. The molecule has 6 nitrogen and oxygen atoms in total. The maximum Gasteiger partial charge on any atom is 0.297 e. The third-order valence-electron chi connectivity index (χ3n) is 3.58. The number of benzene rings is 1. The van der Waals surface area contributed by atoms with Crippen molar-refractivity contribution >= 4 is 10.1 Å². The summed E-state index contributed by atoms with van der Waals surface area (Å²) < 4.78 is 59.3. The summed E-state index contributed by atoms with van der Waals surface area (Å²) in [6.07, 6.45) is -1.65. The molecule has 0 aliphatic carbocycles. The van der Waals surface area contributed by atoms with Gasteiger partial charge in [0.2, 0.25) is 0 Å².